The summed E-state index contributed by atoms with van der Waals surface area (Å²) in [7, 11) is 1.59. The first kappa shape index (κ1) is 17.0. The highest BCUT2D eigenvalue weighted by atomic mass is 16.5. The van der Waals surface area contributed by atoms with E-state index in [0.29, 0.717) is 37.2 Å². The highest BCUT2D eigenvalue weighted by molar-refractivity contribution is 5.91. The number of nitrogens with one attached hydrogen (secondary N) is 1. The third kappa shape index (κ3) is 5.12. The van der Waals surface area contributed by atoms with Crippen LogP contribution in [0.5, 0.6) is 0 Å². The zero-order valence-corrected chi connectivity index (χ0v) is 13.6. The van der Waals surface area contributed by atoms with Crippen molar-refractivity contribution in [2.75, 3.05) is 39.9 Å². The number of hydrogen-bond donors (Lipinski definition) is 1. The molecule has 124 valence electrons. The molecule has 1 amide bonds. The van der Waals surface area contributed by atoms with E-state index in [2.05, 4.69) is 24.1 Å². The monoisotopic (exact) mass is 310 g/mol. The summed E-state index contributed by atoms with van der Waals surface area (Å²) < 4.78 is 16.1. The molecule has 0 spiro atoms. The van der Waals surface area contributed by atoms with Crippen LogP contribution in [-0.2, 0) is 16.1 Å². The van der Waals surface area contributed by atoms with E-state index in [1.54, 1.807) is 19.2 Å². The molecule has 1 atom stereocenters. The van der Waals surface area contributed by atoms with E-state index in [1.165, 1.54) is 0 Å². The predicted octanol–water partition coefficient (Wildman–Crippen LogP) is 1.51. The first-order valence-corrected chi connectivity index (χ1v) is 7.78. The Morgan fingerprint density at radius 1 is 1.50 bits per heavy atom. The molecule has 1 aliphatic heterocycles. The summed E-state index contributed by atoms with van der Waals surface area (Å²) in [4.78, 5) is 14.4. The van der Waals surface area contributed by atoms with Crippen molar-refractivity contribution < 1.29 is 18.7 Å². The SMILES string of the molecule is COCc1ccc(C(=O)NCC2CN(CC(C)C)CCO2)o1. The number of morpholine rings is 1. The van der Waals surface area contributed by atoms with Crippen LogP contribution in [0.1, 0.15) is 30.2 Å². The van der Waals surface area contributed by atoms with Crippen molar-refractivity contribution in [2.24, 2.45) is 5.92 Å². The number of carbonyl (C=O) groups is 1. The van der Waals surface area contributed by atoms with Gasteiger partial charge in [0.25, 0.3) is 5.91 Å². The van der Waals surface area contributed by atoms with E-state index >= 15 is 0 Å². The average Bonchev–Trinajstić information content (AvgIpc) is 2.94. The van der Waals surface area contributed by atoms with Gasteiger partial charge in [0, 0.05) is 33.3 Å². The summed E-state index contributed by atoms with van der Waals surface area (Å²) in [6, 6.07) is 3.41. The number of rotatable bonds is 7. The van der Waals surface area contributed by atoms with Crippen molar-refractivity contribution in [1.82, 2.24) is 10.2 Å². The van der Waals surface area contributed by atoms with Crippen LogP contribution in [0.3, 0.4) is 0 Å². The third-order valence-electron chi connectivity index (χ3n) is 3.51. The van der Waals surface area contributed by atoms with Gasteiger partial charge in [-0.15, -0.1) is 0 Å². The standard InChI is InChI=1S/C16H26N2O4/c1-12(2)9-18-6-7-21-14(10-18)8-17-16(19)15-5-4-13(22-15)11-20-3/h4-5,12,14H,6-11H2,1-3H3,(H,17,19). The van der Waals surface area contributed by atoms with Crippen LogP contribution >= 0.6 is 0 Å². The van der Waals surface area contributed by atoms with Crippen molar-refractivity contribution in [3.8, 4) is 0 Å². The molecule has 1 fully saturated rings. The Labute approximate surface area is 131 Å². The largest absolute Gasteiger partial charge is 0.453 e. The van der Waals surface area contributed by atoms with Crippen molar-refractivity contribution in [2.45, 2.75) is 26.6 Å². The Balaban J connectivity index is 1.77. The summed E-state index contributed by atoms with van der Waals surface area (Å²) in [5.74, 6) is 1.37. The van der Waals surface area contributed by atoms with Crippen molar-refractivity contribution in [1.29, 1.82) is 0 Å². The number of furan rings is 1. The van der Waals surface area contributed by atoms with Gasteiger partial charge in [-0.05, 0) is 18.1 Å². The molecule has 1 aromatic rings. The minimum Gasteiger partial charge on any atom is -0.453 e. The minimum absolute atomic E-state index is 0.0323. The molecule has 6 heteroatoms. The van der Waals surface area contributed by atoms with Crippen molar-refractivity contribution in [3.63, 3.8) is 0 Å². The Kier molecular flexibility index (Phi) is 6.42. The molecule has 2 heterocycles. The molecule has 1 unspecified atom stereocenters. The molecule has 0 saturated carbocycles. The topological polar surface area (TPSA) is 63.9 Å². The van der Waals surface area contributed by atoms with Crippen molar-refractivity contribution in [3.05, 3.63) is 23.7 Å². The zero-order valence-electron chi connectivity index (χ0n) is 13.6. The van der Waals surface area contributed by atoms with Crippen LogP contribution in [0.2, 0.25) is 0 Å². The van der Waals surface area contributed by atoms with Crippen LogP contribution in [0.4, 0.5) is 0 Å². The molecule has 22 heavy (non-hydrogen) atoms. The predicted molar refractivity (Wildman–Crippen MR) is 82.8 cm³/mol. The van der Waals surface area contributed by atoms with Gasteiger partial charge in [0.2, 0.25) is 0 Å². The fourth-order valence-corrected chi connectivity index (χ4v) is 2.60. The lowest BCUT2D eigenvalue weighted by molar-refractivity contribution is -0.0296. The summed E-state index contributed by atoms with van der Waals surface area (Å²) in [5.41, 5.74) is 0. The van der Waals surface area contributed by atoms with Crippen LogP contribution in [-0.4, -0.2) is 56.8 Å². The Bertz CT molecular complexity index is 472. The van der Waals surface area contributed by atoms with Gasteiger partial charge < -0.3 is 19.2 Å². The fourth-order valence-electron chi connectivity index (χ4n) is 2.60. The van der Waals surface area contributed by atoms with Crippen molar-refractivity contribution >= 4 is 5.91 Å². The molecule has 0 aliphatic carbocycles. The van der Waals surface area contributed by atoms with Gasteiger partial charge in [-0.25, -0.2) is 0 Å². The first-order valence-electron chi connectivity index (χ1n) is 7.78. The van der Waals surface area contributed by atoms with Crippen LogP contribution < -0.4 is 5.32 Å². The Hall–Kier alpha value is -1.37. The second-order valence-corrected chi connectivity index (χ2v) is 6.06. The van der Waals surface area contributed by atoms with Crippen LogP contribution in [0.25, 0.3) is 0 Å². The second kappa shape index (κ2) is 8.31. The van der Waals surface area contributed by atoms with Crippen LogP contribution in [0, 0.1) is 5.92 Å². The maximum absolute atomic E-state index is 12.0. The van der Waals surface area contributed by atoms with E-state index in [0.717, 1.165) is 19.6 Å². The summed E-state index contributed by atoms with van der Waals surface area (Å²) in [5, 5.41) is 2.87. The van der Waals surface area contributed by atoms with Gasteiger partial charge in [0.05, 0.1) is 12.7 Å². The average molecular weight is 310 g/mol. The highest BCUT2D eigenvalue weighted by Crippen LogP contribution is 2.10. The normalized spacial score (nSPS) is 19.5. The van der Waals surface area contributed by atoms with E-state index in [9.17, 15) is 4.79 Å². The van der Waals surface area contributed by atoms with E-state index in [1.807, 2.05) is 0 Å². The van der Waals surface area contributed by atoms with Gasteiger partial charge in [-0.3, -0.25) is 9.69 Å². The number of amides is 1. The lowest BCUT2D eigenvalue weighted by Gasteiger charge is -2.33. The molecule has 0 bridgehead atoms. The highest BCUT2D eigenvalue weighted by Gasteiger charge is 2.22. The van der Waals surface area contributed by atoms with Gasteiger partial charge in [-0.2, -0.15) is 0 Å². The summed E-state index contributed by atoms with van der Waals surface area (Å²) in [6.07, 6.45) is 0.0323. The molecule has 2 rings (SSSR count). The molecule has 1 N–H and O–H groups in total. The second-order valence-electron chi connectivity index (χ2n) is 6.06. The van der Waals surface area contributed by atoms with Gasteiger partial charge in [0.15, 0.2) is 5.76 Å². The number of hydrogen-bond acceptors (Lipinski definition) is 5. The lowest BCUT2D eigenvalue weighted by atomic mass is 10.2. The number of carbonyl (C=O) groups excluding carboxylic acids is 1. The maximum atomic E-state index is 12.0. The van der Waals surface area contributed by atoms with E-state index < -0.39 is 0 Å². The van der Waals surface area contributed by atoms with Crippen LogP contribution in [0.15, 0.2) is 16.5 Å². The molecule has 0 radical (unpaired) electrons. The van der Waals surface area contributed by atoms with E-state index in [-0.39, 0.29) is 12.0 Å². The first-order chi connectivity index (χ1) is 10.6. The Morgan fingerprint density at radius 2 is 2.32 bits per heavy atom. The molecule has 1 aliphatic rings. The third-order valence-corrected chi connectivity index (χ3v) is 3.51. The number of ether oxygens (including phenoxy) is 2. The Morgan fingerprint density at radius 3 is 3.05 bits per heavy atom. The number of nitrogens with zero attached hydrogens (tertiary/aromatic N) is 1. The fraction of sp³-hybridized carbons (Fsp3) is 0.688. The molecule has 0 aromatic carbocycles. The number of methoxy groups -OCH3 is 1. The quantitative estimate of drug-likeness (QED) is 0.827. The molecule has 1 saturated heterocycles. The van der Waals surface area contributed by atoms with Gasteiger partial charge in [-0.1, -0.05) is 13.8 Å². The molecular weight excluding hydrogens is 284 g/mol. The van der Waals surface area contributed by atoms with Gasteiger partial charge in [0.1, 0.15) is 12.4 Å². The van der Waals surface area contributed by atoms with E-state index in [4.69, 9.17) is 13.9 Å². The summed E-state index contributed by atoms with van der Waals surface area (Å²) in [6.45, 7) is 8.86. The smallest absolute Gasteiger partial charge is 0.287 e. The summed E-state index contributed by atoms with van der Waals surface area (Å²) >= 11 is 0. The zero-order chi connectivity index (χ0) is 15.9. The minimum atomic E-state index is -0.216. The molecule has 6 nitrogen and oxygen atoms in total. The van der Waals surface area contributed by atoms with Gasteiger partial charge >= 0.3 is 0 Å². The maximum Gasteiger partial charge on any atom is 0.287 e. The molecule has 1 aromatic heterocycles. The molecular formula is C16H26N2O4. The lowest BCUT2D eigenvalue weighted by Crippen LogP contribution is -2.48.